The lowest BCUT2D eigenvalue weighted by Gasteiger charge is -2.38. The number of carbonyl (C=O) groups excluding carboxylic acids is 1. The van der Waals surface area contributed by atoms with Crippen LogP contribution in [-0.2, 0) is 14.3 Å². The monoisotopic (exact) mass is 282 g/mol. The number of primary amides is 1. The van der Waals surface area contributed by atoms with Crippen LogP contribution in [0.4, 0.5) is 0 Å². The fourth-order valence-electron chi connectivity index (χ4n) is 4.09. The molecule has 0 aromatic carbocycles. The van der Waals surface area contributed by atoms with Crippen molar-refractivity contribution in [2.45, 2.75) is 56.6 Å². The zero-order valence-corrected chi connectivity index (χ0v) is 12.2. The molecule has 0 bridgehead atoms. The van der Waals surface area contributed by atoms with E-state index in [1.807, 2.05) is 0 Å². The Morgan fingerprint density at radius 2 is 1.85 bits per heavy atom. The summed E-state index contributed by atoms with van der Waals surface area (Å²) in [5.41, 5.74) is 5.27. The van der Waals surface area contributed by atoms with E-state index < -0.39 is 5.41 Å². The first-order chi connectivity index (χ1) is 9.67. The molecule has 2 heterocycles. The minimum atomic E-state index is -0.430. The molecule has 5 heteroatoms. The van der Waals surface area contributed by atoms with Crippen LogP contribution in [0.2, 0.25) is 0 Å². The summed E-state index contributed by atoms with van der Waals surface area (Å²) in [5, 5.41) is 3.62. The van der Waals surface area contributed by atoms with Crippen LogP contribution in [0.25, 0.3) is 0 Å². The van der Waals surface area contributed by atoms with Crippen LogP contribution >= 0.6 is 0 Å². The summed E-state index contributed by atoms with van der Waals surface area (Å²) >= 11 is 0. The Morgan fingerprint density at radius 1 is 1.15 bits per heavy atom. The number of nitrogens with two attached hydrogens (primary N) is 1. The van der Waals surface area contributed by atoms with E-state index in [1.165, 1.54) is 12.8 Å². The zero-order chi connectivity index (χ0) is 14.1. The van der Waals surface area contributed by atoms with Gasteiger partial charge in [-0.1, -0.05) is 12.8 Å². The maximum Gasteiger partial charge on any atom is 0.225 e. The standard InChI is InChI=1S/C15H26N2O3/c16-13(18)14(6-9-19-10-7-14)11-17-12-3-8-20-15(12)4-1-2-5-15/h12,17H,1-11H2,(H2,16,18). The molecule has 5 nitrogen and oxygen atoms in total. The van der Waals surface area contributed by atoms with Gasteiger partial charge in [-0.3, -0.25) is 4.79 Å². The van der Waals surface area contributed by atoms with Gasteiger partial charge >= 0.3 is 0 Å². The van der Waals surface area contributed by atoms with E-state index in [4.69, 9.17) is 15.2 Å². The average Bonchev–Trinajstić information content (AvgIpc) is 3.08. The van der Waals surface area contributed by atoms with Gasteiger partial charge in [-0.25, -0.2) is 0 Å². The minimum absolute atomic E-state index is 0.0317. The lowest BCUT2D eigenvalue weighted by molar-refractivity contribution is -0.133. The Hall–Kier alpha value is -0.650. The SMILES string of the molecule is NC(=O)C1(CNC2CCOC23CCCC3)CCOCC1. The number of rotatable bonds is 4. The molecule has 114 valence electrons. The van der Waals surface area contributed by atoms with Crippen LogP contribution in [0.5, 0.6) is 0 Å². The number of amides is 1. The smallest absolute Gasteiger partial charge is 0.225 e. The number of hydrogen-bond donors (Lipinski definition) is 2. The van der Waals surface area contributed by atoms with Crippen molar-refractivity contribution in [2.75, 3.05) is 26.4 Å². The van der Waals surface area contributed by atoms with Crippen molar-refractivity contribution in [3.8, 4) is 0 Å². The van der Waals surface area contributed by atoms with Crippen molar-refractivity contribution in [3.05, 3.63) is 0 Å². The Morgan fingerprint density at radius 3 is 2.50 bits per heavy atom. The van der Waals surface area contributed by atoms with Gasteiger partial charge in [0, 0.05) is 32.4 Å². The van der Waals surface area contributed by atoms with Crippen molar-refractivity contribution in [1.29, 1.82) is 0 Å². The lowest BCUT2D eigenvalue weighted by atomic mass is 9.78. The van der Waals surface area contributed by atoms with Crippen molar-refractivity contribution < 1.29 is 14.3 Å². The molecule has 3 aliphatic rings. The molecule has 0 aromatic rings. The van der Waals surface area contributed by atoms with Gasteiger partial charge in [-0.05, 0) is 32.1 Å². The Bertz CT molecular complexity index is 355. The first-order valence-electron chi connectivity index (χ1n) is 7.92. The second-order valence-corrected chi connectivity index (χ2v) is 6.60. The Labute approximate surface area is 120 Å². The van der Waals surface area contributed by atoms with E-state index in [2.05, 4.69) is 5.32 Å². The maximum atomic E-state index is 11.9. The number of carbonyl (C=O) groups is 1. The molecule has 1 amide bonds. The normalized spacial score (nSPS) is 31.7. The molecule has 2 saturated heterocycles. The predicted octanol–water partition coefficient (Wildman–Crippen LogP) is 0.960. The summed E-state index contributed by atoms with van der Waals surface area (Å²) < 4.78 is 11.4. The zero-order valence-electron chi connectivity index (χ0n) is 12.2. The van der Waals surface area contributed by atoms with Gasteiger partial charge in [0.05, 0.1) is 11.0 Å². The third-order valence-electron chi connectivity index (χ3n) is 5.54. The fraction of sp³-hybridized carbons (Fsp3) is 0.933. The summed E-state index contributed by atoms with van der Waals surface area (Å²) in [6.45, 7) is 2.78. The predicted molar refractivity (Wildman–Crippen MR) is 75.2 cm³/mol. The summed E-state index contributed by atoms with van der Waals surface area (Å²) in [6, 6.07) is 0.379. The van der Waals surface area contributed by atoms with E-state index in [9.17, 15) is 4.79 Å². The average molecular weight is 282 g/mol. The Balaban J connectivity index is 1.63. The van der Waals surface area contributed by atoms with E-state index in [-0.39, 0.29) is 11.5 Å². The first-order valence-corrected chi connectivity index (χ1v) is 7.92. The van der Waals surface area contributed by atoms with E-state index in [1.54, 1.807) is 0 Å². The molecular formula is C15H26N2O3. The first kappa shape index (κ1) is 14.3. The molecule has 20 heavy (non-hydrogen) atoms. The highest BCUT2D eigenvalue weighted by Gasteiger charge is 2.47. The van der Waals surface area contributed by atoms with Crippen LogP contribution in [0.3, 0.4) is 0 Å². The summed E-state index contributed by atoms with van der Waals surface area (Å²) in [4.78, 5) is 11.9. The molecular weight excluding hydrogens is 256 g/mol. The van der Waals surface area contributed by atoms with Gasteiger partial charge in [-0.2, -0.15) is 0 Å². The topological polar surface area (TPSA) is 73.6 Å². The van der Waals surface area contributed by atoms with Gasteiger partial charge in [0.2, 0.25) is 5.91 Å². The molecule has 1 atom stereocenters. The maximum absolute atomic E-state index is 11.9. The lowest BCUT2D eigenvalue weighted by Crippen LogP contribution is -2.54. The second-order valence-electron chi connectivity index (χ2n) is 6.60. The third kappa shape index (κ3) is 2.47. The molecule has 3 fully saturated rings. The third-order valence-corrected chi connectivity index (χ3v) is 5.54. The number of hydrogen-bond acceptors (Lipinski definition) is 4. The highest BCUT2D eigenvalue weighted by molar-refractivity contribution is 5.81. The quantitative estimate of drug-likeness (QED) is 0.805. The van der Waals surface area contributed by atoms with Crippen molar-refractivity contribution in [3.63, 3.8) is 0 Å². The van der Waals surface area contributed by atoms with Gasteiger partial charge in [-0.15, -0.1) is 0 Å². The number of nitrogens with one attached hydrogen (secondary N) is 1. The van der Waals surface area contributed by atoms with Crippen molar-refractivity contribution >= 4 is 5.91 Å². The summed E-state index contributed by atoms with van der Waals surface area (Å²) in [7, 11) is 0. The van der Waals surface area contributed by atoms with E-state index >= 15 is 0 Å². The molecule has 2 aliphatic heterocycles. The van der Waals surface area contributed by atoms with Crippen LogP contribution in [-0.4, -0.2) is 43.9 Å². The molecule has 1 unspecified atom stereocenters. The van der Waals surface area contributed by atoms with Gasteiger partial charge in [0.1, 0.15) is 0 Å². The fourth-order valence-corrected chi connectivity index (χ4v) is 4.09. The Kier molecular flexibility index (Phi) is 4.02. The second kappa shape index (κ2) is 5.62. The molecule has 0 aromatic heterocycles. The van der Waals surface area contributed by atoms with Crippen LogP contribution in [0.15, 0.2) is 0 Å². The highest BCUT2D eigenvalue weighted by atomic mass is 16.5. The minimum Gasteiger partial charge on any atom is -0.381 e. The molecule has 3 rings (SSSR count). The molecule has 1 spiro atoms. The van der Waals surface area contributed by atoms with Gasteiger partial charge in [0.15, 0.2) is 0 Å². The summed E-state index contributed by atoms with van der Waals surface area (Å²) in [5.74, 6) is -0.187. The van der Waals surface area contributed by atoms with Crippen LogP contribution in [0.1, 0.15) is 44.9 Å². The van der Waals surface area contributed by atoms with Gasteiger partial charge in [0.25, 0.3) is 0 Å². The molecule has 1 aliphatic carbocycles. The summed E-state index contributed by atoms with van der Waals surface area (Å²) in [6.07, 6.45) is 7.33. The number of ether oxygens (including phenoxy) is 2. The van der Waals surface area contributed by atoms with Crippen molar-refractivity contribution in [1.82, 2.24) is 5.32 Å². The van der Waals surface area contributed by atoms with E-state index in [0.29, 0.717) is 25.8 Å². The van der Waals surface area contributed by atoms with Crippen LogP contribution in [0, 0.1) is 5.41 Å². The largest absolute Gasteiger partial charge is 0.381 e. The van der Waals surface area contributed by atoms with Crippen LogP contribution < -0.4 is 11.1 Å². The van der Waals surface area contributed by atoms with Gasteiger partial charge < -0.3 is 20.5 Å². The molecule has 3 N–H and O–H groups in total. The van der Waals surface area contributed by atoms with Crippen molar-refractivity contribution in [2.24, 2.45) is 11.1 Å². The van der Waals surface area contributed by atoms with E-state index in [0.717, 1.165) is 38.7 Å². The highest BCUT2D eigenvalue weighted by Crippen LogP contribution is 2.41. The molecule has 0 radical (unpaired) electrons. The molecule has 1 saturated carbocycles.